The second kappa shape index (κ2) is 6.06. The summed E-state index contributed by atoms with van der Waals surface area (Å²) in [4.78, 5) is 29.6. The fraction of sp³-hybridized carbons (Fsp3) is 0.222. The molecule has 0 bridgehead atoms. The molecule has 0 saturated carbocycles. The normalized spacial score (nSPS) is 11.3. The van der Waals surface area contributed by atoms with Crippen molar-refractivity contribution in [2.45, 2.75) is 27.3 Å². The van der Waals surface area contributed by atoms with E-state index in [1.54, 1.807) is 6.07 Å². The van der Waals surface area contributed by atoms with Crippen LogP contribution < -0.4 is 5.56 Å². The minimum Gasteiger partial charge on any atom is -0.360 e. The maximum Gasteiger partial charge on any atom is 0.271 e. The summed E-state index contributed by atoms with van der Waals surface area (Å²) in [7, 11) is 0. The van der Waals surface area contributed by atoms with Crippen LogP contribution in [-0.2, 0) is 6.54 Å². The van der Waals surface area contributed by atoms with Crippen molar-refractivity contribution in [3.05, 3.63) is 63.0 Å². The fourth-order valence-electron chi connectivity index (χ4n) is 3.09. The Morgan fingerprint density at radius 3 is 2.81 bits per heavy atom. The third-order valence-corrected chi connectivity index (χ3v) is 5.22. The molecule has 0 aliphatic heterocycles. The van der Waals surface area contributed by atoms with Crippen LogP contribution >= 0.6 is 11.3 Å². The number of aromatic nitrogens is 4. The quantitative estimate of drug-likeness (QED) is 0.517. The van der Waals surface area contributed by atoms with Crippen molar-refractivity contribution in [3.63, 3.8) is 0 Å². The molecule has 132 valence electrons. The van der Waals surface area contributed by atoms with Gasteiger partial charge in [0.2, 0.25) is 0 Å². The second-order valence-electron chi connectivity index (χ2n) is 6.15. The van der Waals surface area contributed by atoms with Gasteiger partial charge in [-0.1, -0.05) is 5.16 Å². The van der Waals surface area contributed by atoms with Crippen LogP contribution in [0.3, 0.4) is 0 Å². The lowest BCUT2D eigenvalue weighted by molar-refractivity contribution is 0.0970. The van der Waals surface area contributed by atoms with Crippen LogP contribution in [0, 0.1) is 20.8 Å². The van der Waals surface area contributed by atoms with Gasteiger partial charge in [0.15, 0.2) is 11.6 Å². The Morgan fingerprint density at radius 1 is 1.27 bits per heavy atom. The number of carbonyl (C=O) groups is 1. The summed E-state index contributed by atoms with van der Waals surface area (Å²) in [5.41, 5.74) is 2.65. The monoisotopic (exact) mass is 368 g/mol. The molecular weight excluding hydrogens is 352 g/mol. The van der Waals surface area contributed by atoms with Crippen LogP contribution in [0.1, 0.15) is 27.5 Å². The lowest BCUT2D eigenvalue weighted by atomic mass is 10.1. The van der Waals surface area contributed by atoms with E-state index in [4.69, 9.17) is 4.52 Å². The second-order valence-corrected chi connectivity index (χ2v) is 7.07. The highest BCUT2D eigenvalue weighted by Crippen LogP contribution is 2.21. The van der Waals surface area contributed by atoms with Gasteiger partial charge in [0.05, 0.1) is 18.4 Å². The van der Waals surface area contributed by atoms with Gasteiger partial charge in [-0.25, -0.2) is 4.98 Å². The molecule has 8 heteroatoms. The molecule has 0 aliphatic rings. The summed E-state index contributed by atoms with van der Waals surface area (Å²) in [6.45, 7) is 5.52. The van der Waals surface area contributed by atoms with Crippen LogP contribution in [0.5, 0.6) is 0 Å². The number of fused-ring (bicyclic) bond motifs is 1. The van der Waals surface area contributed by atoms with Gasteiger partial charge in [-0.2, -0.15) is 0 Å². The predicted molar refractivity (Wildman–Crippen MR) is 98.3 cm³/mol. The smallest absolute Gasteiger partial charge is 0.271 e. The van der Waals surface area contributed by atoms with Crippen molar-refractivity contribution in [2.24, 2.45) is 0 Å². The predicted octanol–water partition coefficient (Wildman–Crippen LogP) is 3.04. The molecule has 0 unspecified atom stereocenters. The zero-order valence-corrected chi connectivity index (χ0v) is 15.3. The van der Waals surface area contributed by atoms with Gasteiger partial charge in [-0.05, 0) is 38.3 Å². The Bertz CT molecular complexity index is 1190. The molecule has 0 saturated heterocycles. The van der Waals surface area contributed by atoms with Gasteiger partial charge >= 0.3 is 0 Å². The van der Waals surface area contributed by atoms with Crippen LogP contribution in [0.15, 0.2) is 39.2 Å². The summed E-state index contributed by atoms with van der Waals surface area (Å²) < 4.78 is 8.92. The van der Waals surface area contributed by atoms with Crippen LogP contribution in [0.2, 0.25) is 0 Å². The van der Waals surface area contributed by atoms with E-state index in [0.29, 0.717) is 27.4 Å². The number of hydrogen-bond donors (Lipinski definition) is 0. The van der Waals surface area contributed by atoms with Gasteiger partial charge in [-0.15, -0.1) is 11.3 Å². The molecule has 4 heterocycles. The van der Waals surface area contributed by atoms with E-state index in [2.05, 4.69) is 10.1 Å². The average Bonchev–Trinajstić information content (AvgIpc) is 3.30. The standard InChI is InChI=1S/C18H16N4O3S/c1-10-6-13(12(3)22(10)16-7-11(2)25-20-16)15(23)8-21-9-19-14-4-5-26-17(14)18(21)24/h4-7,9H,8H2,1-3H3. The van der Waals surface area contributed by atoms with Crippen molar-refractivity contribution >= 4 is 27.3 Å². The Kier molecular flexibility index (Phi) is 3.84. The van der Waals surface area contributed by atoms with Crippen LogP contribution in [-0.4, -0.2) is 25.1 Å². The third-order valence-electron chi connectivity index (χ3n) is 4.33. The van der Waals surface area contributed by atoms with Gasteiger partial charge in [-0.3, -0.25) is 18.7 Å². The van der Waals surface area contributed by atoms with Crippen LogP contribution in [0.25, 0.3) is 16.0 Å². The SMILES string of the molecule is Cc1cc(-n2c(C)cc(C(=O)Cn3cnc4ccsc4c3=O)c2C)no1. The van der Waals surface area contributed by atoms with Gasteiger partial charge < -0.3 is 4.52 Å². The molecule has 0 radical (unpaired) electrons. The fourth-order valence-corrected chi connectivity index (χ4v) is 3.88. The lowest BCUT2D eigenvalue weighted by Crippen LogP contribution is -2.24. The first-order valence-corrected chi connectivity index (χ1v) is 8.92. The molecule has 0 spiro atoms. The highest BCUT2D eigenvalue weighted by Gasteiger charge is 2.19. The summed E-state index contributed by atoms with van der Waals surface area (Å²) in [5.74, 6) is 1.18. The van der Waals surface area contributed by atoms with E-state index in [1.165, 1.54) is 22.2 Å². The van der Waals surface area contributed by atoms with Crippen molar-refractivity contribution in [1.29, 1.82) is 0 Å². The number of thiophene rings is 1. The molecule has 26 heavy (non-hydrogen) atoms. The average molecular weight is 368 g/mol. The molecule has 4 aromatic rings. The number of nitrogens with zero attached hydrogens (tertiary/aromatic N) is 4. The highest BCUT2D eigenvalue weighted by atomic mass is 32.1. The highest BCUT2D eigenvalue weighted by molar-refractivity contribution is 7.17. The molecule has 0 aromatic carbocycles. The Labute approximate surface area is 152 Å². The third kappa shape index (κ3) is 2.59. The molecule has 0 aliphatic carbocycles. The number of aryl methyl sites for hydroxylation is 2. The zero-order chi connectivity index (χ0) is 18.4. The minimum atomic E-state index is -0.195. The molecule has 0 atom stereocenters. The maximum atomic E-state index is 12.8. The van der Waals surface area contributed by atoms with E-state index in [-0.39, 0.29) is 17.9 Å². The van der Waals surface area contributed by atoms with Crippen molar-refractivity contribution in [3.8, 4) is 5.82 Å². The minimum absolute atomic E-state index is 0.0538. The Balaban J connectivity index is 1.70. The first kappa shape index (κ1) is 16.5. The molecular formula is C18H16N4O3S. The van der Waals surface area contributed by atoms with E-state index >= 15 is 0 Å². The summed E-state index contributed by atoms with van der Waals surface area (Å²) in [6.07, 6.45) is 1.43. The molecule has 0 N–H and O–H groups in total. The van der Waals surface area contributed by atoms with Gasteiger partial charge in [0.25, 0.3) is 5.56 Å². The van der Waals surface area contributed by atoms with E-state index in [9.17, 15) is 9.59 Å². The van der Waals surface area contributed by atoms with E-state index in [0.717, 1.165) is 11.4 Å². The number of carbonyl (C=O) groups excluding carboxylic acids is 1. The largest absolute Gasteiger partial charge is 0.360 e. The van der Waals surface area contributed by atoms with Crippen molar-refractivity contribution < 1.29 is 9.32 Å². The molecule has 7 nitrogen and oxygen atoms in total. The summed E-state index contributed by atoms with van der Waals surface area (Å²) in [6, 6.07) is 5.41. The topological polar surface area (TPSA) is 82.9 Å². The molecule has 4 aromatic heterocycles. The van der Waals surface area contributed by atoms with Crippen LogP contribution in [0.4, 0.5) is 0 Å². The first-order valence-electron chi connectivity index (χ1n) is 8.04. The summed E-state index contributed by atoms with van der Waals surface area (Å²) >= 11 is 1.33. The number of hydrogen-bond acceptors (Lipinski definition) is 6. The van der Waals surface area contributed by atoms with Crippen molar-refractivity contribution in [2.75, 3.05) is 0 Å². The van der Waals surface area contributed by atoms with Gasteiger partial charge in [0, 0.05) is 23.0 Å². The number of ketones is 1. The van der Waals surface area contributed by atoms with Crippen molar-refractivity contribution in [1.82, 2.24) is 19.3 Å². The summed E-state index contributed by atoms with van der Waals surface area (Å²) in [5, 5.41) is 5.84. The zero-order valence-electron chi connectivity index (χ0n) is 14.5. The Morgan fingerprint density at radius 2 is 2.08 bits per heavy atom. The Hall–Kier alpha value is -3.00. The first-order chi connectivity index (χ1) is 12.5. The maximum absolute atomic E-state index is 12.8. The van der Waals surface area contributed by atoms with E-state index in [1.807, 2.05) is 42.9 Å². The van der Waals surface area contributed by atoms with Gasteiger partial charge in [0.1, 0.15) is 10.5 Å². The van der Waals surface area contributed by atoms with E-state index < -0.39 is 0 Å². The lowest BCUT2D eigenvalue weighted by Gasteiger charge is -2.06. The number of Topliss-reactive ketones (excluding diaryl/α,β-unsaturated/α-hetero) is 1. The molecule has 0 fully saturated rings. The molecule has 0 amide bonds. The number of rotatable bonds is 4. The molecule has 4 rings (SSSR count).